The molecule has 79 valence electrons. The molecule has 0 N–H and O–H groups in total. The van der Waals surface area contributed by atoms with Crippen molar-refractivity contribution < 1.29 is 4.79 Å². The minimum Gasteiger partial charge on any atom is -0.267 e. The predicted molar refractivity (Wildman–Crippen MR) is 65.6 cm³/mol. The Bertz CT molecular complexity index is 538. The minimum atomic E-state index is -0.223. The summed E-state index contributed by atoms with van der Waals surface area (Å²) in [5.74, 6) is -0.223. The van der Waals surface area contributed by atoms with E-state index in [0.717, 1.165) is 16.5 Å². The molecule has 2 aromatic rings. The molecular formula is C14H12NO. The van der Waals surface area contributed by atoms with Gasteiger partial charge in [0.2, 0.25) is 0 Å². The number of hydrogen-bond acceptors (Lipinski definition) is 1. The lowest BCUT2D eigenvalue weighted by Crippen LogP contribution is -2.06. The first kappa shape index (κ1) is 10.4. The van der Waals surface area contributed by atoms with Crippen LogP contribution in [0.2, 0.25) is 0 Å². The average molecular weight is 210 g/mol. The van der Waals surface area contributed by atoms with Crippen molar-refractivity contribution in [1.29, 1.82) is 0 Å². The first-order valence-corrected chi connectivity index (χ1v) is 5.17. The zero-order valence-corrected chi connectivity index (χ0v) is 9.05. The third kappa shape index (κ3) is 2.11. The summed E-state index contributed by atoms with van der Waals surface area (Å²) in [7, 11) is 0. The molecule has 0 aliphatic carbocycles. The third-order valence-electron chi connectivity index (χ3n) is 2.31. The monoisotopic (exact) mass is 210 g/mol. The molecule has 0 unspecified atom stereocenters. The molecule has 0 bridgehead atoms. The van der Waals surface area contributed by atoms with Crippen LogP contribution >= 0.6 is 0 Å². The minimum absolute atomic E-state index is 0.223. The molecule has 0 fully saturated rings. The lowest BCUT2D eigenvalue weighted by molar-refractivity contribution is -0.115. The fourth-order valence-electron chi connectivity index (χ4n) is 1.60. The summed E-state index contributed by atoms with van der Waals surface area (Å²) in [6.45, 7) is 1.80. The van der Waals surface area contributed by atoms with Gasteiger partial charge >= 0.3 is 0 Å². The fourth-order valence-corrected chi connectivity index (χ4v) is 1.60. The topological polar surface area (TPSA) is 31.2 Å². The fraction of sp³-hybridized carbons (Fsp3) is 0.0714. The van der Waals surface area contributed by atoms with Gasteiger partial charge in [-0.2, -0.15) is 0 Å². The SMILES string of the molecule is C/C=C/C(=O)[N]c1cccc2ccccc12. The number of carbonyl (C=O) groups is 1. The molecule has 0 saturated carbocycles. The number of benzene rings is 2. The first-order valence-electron chi connectivity index (χ1n) is 5.17. The summed E-state index contributed by atoms with van der Waals surface area (Å²) < 4.78 is 0. The van der Waals surface area contributed by atoms with Crippen LogP contribution in [0.25, 0.3) is 10.8 Å². The van der Waals surface area contributed by atoms with Crippen LogP contribution in [-0.4, -0.2) is 5.91 Å². The van der Waals surface area contributed by atoms with Gasteiger partial charge in [-0.15, -0.1) is 0 Å². The molecule has 0 spiro atoms. The van der Waals surface area contributed by atoms with Gasteiger partial charge in [0.15, 0.2) is 0 Å². The lowest BCUT2D eigenvalue weighted by atomic mass is 10.1. The number of fused-ring (bicyclic) bond motifs is 1. The van der Waals surface area contributed by atoms with Gasteiger partial charge in [0, 0.05) is 11.5 Å². The van der Waals surface area contributed by atoms with Crippen LogP contribution in [0.15, 0.2) is 54.6 Å². The number of allylic oxidation sites excluding steroid dienone is 1. The molecule has 2 rings (SSSR count). The largest absolute Gasteiger partial charge is 0.269 e. The summed E-state index contributed by atoms with van der Waals surface area (Å²) in [6.07, 6.45) is 3.15. The van der Waals surface area contributed by atoms with Crippen LogP contribution in [0.3, 0.4) is 0 Å². The van der Waals surface area contributed by atoms with Crippen molar-refractivity contribution in [2.75, 3.05) is 0 Å². The van der Waals surface area contributed by atoms with E-state index in [1.54, 1.807) is 13.0 Å². The highest BCUT2D eigenvalue weighted by Crippen LogP contribution is 2.22. The van der Waals surface area contributed by atoms with Gasteiger partial charge in [0.1, 0.15) is 0 Å². The lowest BCUT2D eigenvalue weighted by Gasteiger charge is -2.03. The molecular weight excluding hydrogens is 198 g/mol. The van der Waals surface area contributed by atoms with Crippen LogP contribution in [0, 0.1) is 0 Å². The van der Waals surface area contributed by atoms with Crippen molar-refractivity contribution in [2.45, 2.75) is 6.92 Å². The Morgan fingerprint density at radius 2 is 1.88 bits per heavy atom. The van der Waals surface area contributed by atoms with E-state index in [2.05, 4.69) is 5.32 Å². The zero-order chi connectivity index (χ0) is 11.4. The van der Waals surface area contributed by atoms with Crippen molar-refractivity contribution >= 4 is 22.4 Å². The standard InChI is InChI=1S/C14H12NO/c1-2-6-14(16)15-13-10-5-8-11-7-3-4-9-12(11)13/h2-10H,1H3/b6-2+. The molecule has 0 saturated heterocycles. The molecule has 0 aromatic heterocycles. The van der Waals surface area contributed by atoms with E-state index >= 15 is 0 Å². The van der Waals surface area contributed by atoms with Gasteiger partial charge in [-0.3, -0.25) is 4.79 Å². The Balaban J connectivity index is 2.41. The van der Waals surface area contributed by atoms with Gasteiger partial charge in [-0.1, -0.05) is 42.5 Å². The predicted octanol–water partition coefficient (Wildman–Crippen LogP) is 3.18. The highest BCUT2D eigenvalue weighted by Gasteiger charge is 2.04. The zero-order valence-electron chi connectivity index (χ0n) is 9.05. The Morgan fingerprint density at radius 1 is 1.12 bits per heavy atom. The normalized spacial score (nSPS) is 10.8. The van der Waals surface area contributed by atoms with Crippen LogP contribution < -0.4 is 5.32 Å². The molecule has 16 heavy (non-hydrogen) atoms. The molecule has 2 heteroatoms. The second kappa shape index (κ2) is 4.62. The van der Waals surface area contributed by atoms with E-state index in [0.29, 0.717) is 0 Å². The maximum absolute atomic E-state index is 11.4. The van der Waals surface area contributed by atoms with Gasteiger partial charge < -0.3 is 0 Å². The Hall–Kier alpha value is -2.09. The highest BCUT2D eigenvalue weighted by molar-refractivity contribution is 5.99. The van der Waals surface area contributed by atoms with Crippen molar-refractivity contribution in [3.05, 3.63) is 54.6 Å². The Morgan fingerprint density at radius 3 is 2.69 bits per heavy atom. The molecule has 2 nitrogen and oxygen atoms in total. The summed E-state index contributed by atoms with van der Waals surface area (Å²) in [5, 5.41) is 6.15. The quantitative estimate of drug-likeness (QED) is 0.700. The molecule has 0 aliphatic heterocycles. The molecule has 0 atom stereocenters. The maximum Gasteiger partial charge on any atom is 0.269 e. The second-order valence-electron chi connectivity index (χ2n) is 3.45. The van der Waals surface area contributed by atoms with E-state index in [1.165, 1.54) is 6.08 Å². The van der Waals surface area contributed by atoms with Gasteiger partial charge in [0.25, 0.3) is 5.91 Å². The van der Waals surface area contributed by atoms with Crippen molar-refractivity contribution in [3.63, 3.8) is 0 Å². The number of hydrogen-bond donors (Lipinski definition) is 0. The van der Waals surface area contributed by atoms with E-state index in [9.17, 15) is 4.79 Å². The molecule has 1 radical (unpaired) electrons. The summed E-state index contributed by atoms with van der Waals surface area (Å²) in [4.78, 5) is 11.4. The van der Waals surface area contributed by atoms with Gasteiger partial charge in [0.05, 0.1) is 5.69 Å². The van der Waals surface area contributed by atoms with Crippen molar-refractivity contribution in [1.82, 2.24) is 5.32 Å². The summed E-state index contributed by atoms with van der Waals surface area (Å²) in [6, 6.07) is 13.7. The number of rotatable bonds is 2. The maximum atomic E-state index is 11.4. The van der Waals surface area contributed by atoms with E-state index in [1.807, 2.05) is 42.5 Å². The number of carbonyl (C=O) groups excluding carboxylic acids is 1. The smallest absolute Gasteiger partial charge is 0.267 e. The third-order valence-corrected chi connectivity index (χ3v) is 2.31. The van der Waals surface area contributed by atoms with E-state index < -0.39 is 0 Å². The van der Waals surface area contributed by atoms with E-state index in [4.69, 9.17) is 0 Å². The van der Waals surface area contributed by atoms with Crippen molar-refractivity contribution in [2.24, 2.45) is 0 Å². The molecule has 2 aromatic carbocycles. The Labute approximate surface area is 94.6 Å². The number of nitrogens with zero attached hydrogens (tertiary/aromatic N) is 1. The summed E-state index contributed by atoms with van der Waals surface area (Å²) >= 11 is 0. The van der Waals surface area contributed by atoms with Crippen molar-refractivity contribution in [3.8, 4) is 0 Å². The highest BCUT2D eigenvalue weighted by atomic mass is 16.1. The Kier molecular flexibility index (Phi) is 3.01. The molecule has 0 heterocycles. The molecule has 0 aliphatic rings. The van der Waals surface area contributed by atoms with Crippen LogP contribution in [0.1, 0.15) is 6.92 Å². The number of amides is 1. The summed E-state index contributed by atoms with van der Waals surface area (Å²) in [5.41, 5.74) is 0.723. The second-order valence-corrected chi connectivity index (χ2v) is 3.45. The average Bonchev–Trinajstić information content (AvgIpc) is 2.30. The van der Waals surface area contributed by atoms with Crippen LogP contribution in [0.4, 0.5) is 5.69 Å². The first-order chi connectivity index (χ1) is 7.81. The van der Waals surface area contributed by atoms with Gasteiger partial charge in [-0.25, -0.2) is 5.32 Å². The van der Waals surface area contributed by atoms with Gasteiger partial charge in [-0.05, 0) is 18.4 Å². The van der Waals surface area contributed by atoms with E-state index in [-0.39, 0.29) is 5.91 Å². The molecule has 1 amide bonds. The van der Waals surface area contributed by atoms with Crippen LogP contribution in [-0.2, 0) is 4.79 Å². The van der Waals surface area contributed by atoms with Crippen LogP contribution in [0.5, 0.6) is 0 Å².